The van der Waals surface area contributed by atoms with Crippen LogP contribution < -0.4 is 0 Å². The van der Waals surface area contributed by atoms with Crippen LogP contribution in [0, 0.1) is 0 Å². The third kappa shape index (κ3) is 25.9. The van der Waals surface area contributed by atoms with Gasteiger partial charge in [-0.2, -0.15) is 0 Å². The molecular formula is C31H63NO. The maximum atomic E-state index is 12.0. The van der Waals surface area contributed by atoms with Gasteiger partial charge in [0.15, 0.2) is 0 Å². The van der Waals surface area contributed by atoms with Crippen molar-refractivity contribution < 1.29 is 4.79 Å². The highest BCUT2D eigenvalue weighted by Gasteiger charge is 2.07. The number of rotatable bonds is 27. The second-order valence-corrected chi connectivity index (χ2v) is 10.6. The molecule has 0 aromatic heterocycles. The molecule has 0 bridgehead atoms. The number of carbonyl (C=O) groups is 1. The van der Waals surface area contributed by atoms with Crippen LogP contribution in [0.15, 0.2) is 0 Å². The van der Waals surface area contributed by atoms with Crippen molar-refractivity contribution in [2.24, 2.45) is 0 Å². The van der Waals surface area contributed by atoms with Crippen LogP contribution in [0.4, 0.5) is 0 Å². The SMILES string of the molecule is CCCCCCCCCCCCCCCN(CCCCCCCCCCCCCC)C(C)=O. The first kappa shape index (κ1) is 32.5. The van der Waals surface area contributed by atoms with Gasteiger partial charge < -0.3 is 4.90 Å². The molecule has 2 nitrogen and oxygen atoms in total. The maximum Gasteiger partial charge on any atom is 0.219 e. The molecule has 33 heavy (non-hydrogen) atoms. The van der Waals surface area contributed by atoms with Gasteiger partial charge in [-0.05, 0) is 12.8 Å². The summed E-state index contributed by atoms with van der Waals surface area (Å²) in [5, 5.41) is 0. The molecule has 0 saturated heterocycles. The minimum absolute atomic E-state index is 0.275. The summed E-state index contributed by atoms with van der Waals surface area (Å²) in [5.41, 5.74) is 0. The van der Waals surface area contributed by atoms with E-state index in [0.29, 0.717) is 0 Å². The summed E-state index contributed by atoms with van der Waals surface area (Å²) >= 11 is 0. The molecule has 0 aliphatic rings. The molecule has 0 atom stereocenters. The van der Waals surface area contributed by atoms with Crippen LogP contribution >= 0.6 is 0 Å². The average molecular weight is 466 g/mol. The third-order valence-electron chi connectivity index (χ3n) is 7.26. The molecule has 0 fully saturated rings. The van der Waals surface area contributed by atoms with Gasteiger partial charge in [-0.3, -0.25) is 4.79 Å². The van der Waals surface area contributed by atoms with E-state index >= 15 is 0 Å². The summed E-state index contributed by atoms with van der Waals surface area (Å²) < 4.78 is 0. The number of unbranched alkanes of at least 4 members (excludes halogenated alkanes) is 23. The van der Waals surface area contributed by atoms with Crippen LogP contribution in [0.3, 0.4) is 0 Å². The Kier molecular flexibility index (Phi) is 27.3. The Bertz CT molecular complexity index is 381. The lowest BCUT2D eigenvalue weighted by Crippen LogP contribution is -2.30. The maximum absolute atomic E-state index is 12.0. The predicted molar refractivity (Wildman–Crippen MR) is 149 cm³/mol. The predicted octanol–water partition coefficient (Wildman–Crippen LogP) is 10.6. The van der Waals surface area contributed by atoms with Gasteiger partial charge in [0.1, 0.15) is 0 Å². The van der Waals surface area contributed by atoms with Crippen LogP contribution in [0.1, 0.15) is 181 Å². The summed E-state index contributed by atoms with van der Waals surface area (Å²) in [5.74, 6) is 0.275. The molecule has 0 aromatic carbocycles. The van der Waals surface area contributed by atoms with Gasteiger partial charge in [-0.25, -0.2) is 0 Å². The quantitative estimate of drug-likeness (QED) is 0.110. The molecule has 2 heteroatoms. The molecular weight excluding hydrogens is 402 g/mol. The number of carbonyl (C=O) groups excluding carboxylic acids is 1. The van der Waals surface area contributed by atoms with Crippen molar-refractivity contribution in [3.8, 4) is 0 Å². The van der Waals surface area contributed by atoms with Crippen molar-refractivity contribution in [1.82, 2.24) is 4.90 Å². The molecule has 0 N–H and O–H groups in total. The lowest BCUT2D eigenvalue weighted by atomic mass is 10.0. The van der Waals surface area contributed by atoms with E-state index in [9.17, 15) is 4.79 Å². The Morgan fingerprint density at radius 3 is 0.818 bits per heavy atom. The van der Waals surface area contributed by atoms with Crippen molar-refractivity contribution in [3.05, 3.63) is 0 Å². The average Bonchev–Trinajstić information content (AvgIpc) is 2.81. The van der Waals surface area contributed by atoms with E-state index in [-0.39, 0.29) is 5.91 Å². The minimum Gasteiger partial charge on any atom is -0.343 e. The smallest absolute Gasteiger partial charge is 0.219 e. The molecule has 0 saturated carbocycles. The van der Waals surface area contributed by atoms with Crippen molar-refractivity contribution in [2.75, 3.05) is 13.1 Å². The first-order valence-corrected chi connectivity index (χ1v) is 15.5. The first-order chi connectivity index (χ1) is 16.2. The van der Waals surface area contributed by atoms with E-state index < -0.39 is 0 Å². The largest absolute Gasteiger partial charge is 0.343 e. The molecule has 0 heterocycles. The van der Waals surface area contributed by atoms with Crippen LogP contribution in [0.5, 0.6) is 0 Å². The van der Waals surface area contributed by atoms with E-state index in [1.807, 2.05) is 0 Å². The van der Waals surface area contributed by atoms with E-state index in [0.717, 1.165) is 13.1 Å². The molecule has 0 radical (unpaired) electrons. The van der Waals surface area contributed by atoms with Gasteiger partial charge in [0.05, 0.1) is 0 Å². The van der Waals surface area contributed by atoms with Gasteiger partial charge in [-0.15, -0.1) is 0 Å². The molecule has 0 aliphatic heterocycles. The van der Waals surface area contributed by atoms with Crippen LogP contribution in [0.25, 0.3) is 0 Å². The van der Waals surface area contributed by atoms with Gasteiger partial charge in [0.2, 0.25) is 5.91 Å². The molecule has 0 rings (SSSR count). The standard InChI is InChI=1S/C31H63NO/c1-4-6-8-10-12-14-16-18-20-22-24-26-28-30-32(31(3)33)29-27-25-23-21-19-17-15-13-11-9-7-5-2/h4-30H2,1-3H3. The van der Waals surface area contributed by atoms with Crippen molar-refractivity contribution in [1.29, 1.82) is 0 Å². The van der Waals surface area contributed by atoms with Gasteiger partial charge in [0, 0.05) is 20.0 Å². The fourth-order valence-electron chi connectivity index (χ4n) is 4.89. The highest BCUT2D eigenvalue weighted by molar-refractivity contribution is 5.73. The van der Waals surface area contributed by atoms with E-state index in [1.165, 1.54) is 161 Å². The summed E-state index contributed by atoms with van der Waals surface area (Å²) in [6, 6.07) is 0. The summed E-state index contributed by atoms with van der Waals surface area (Å²) in [6.45, 7) is 8.28. The second kappa shape index (κ2) is 27.7. The van der Waals surface area contributed by atoms with Gasteiger partial charge in [-0.1, -0.05) is 162 Å². The van der Waals surface area contributed by atoms with E-state index in [4.69, 9.17) is 0 Å². The zero-order chi connectivity index (χ0) is 24.2. The number of nitrogens with zero attached hydrogens (tertiary/aromatic N) is 1. The molecule has 198 valence electrons. The second-order valence-electron chi connectivity index (χ2n) is 10.6. The lowest BCUT2D eigenvalue weighted by Gasteiger charge is -2.21. The highest BCUT2D eigenvalue weighted by Crippen LogP contribution is 2.14. The molecule has 0 unspecified atom stereocenters. The van der Waals surface area contributed by atoms with Crippen LogP contribution in [0.2, 0.25) is 0 Å². The molecule has 0 spiro atoms. The number of hydrogen-bond acceptors (Lipinski definition) is 1. The normalized spacial score (nSPS) is 11.2. The van der Waals surface area contributed by atoms with E-state index in [1.54, 1.807) is 6.92 Å². The molecule has 0 aliphatic carbocycles. The summed E-state index contributed by atoms with van der Waals surface area (Å²) in [4.78, 5) is 14.1. The minimum atomic E-state index is 0.275. The van der Waals surface area contributed by atoms with Crippen molar-refractivity contribution in [3.63, 3.8) is 0 Å². The number of amides is 1. The molecule has 1 amide bonds. The Balaban J connectivity index is 3.41. The monoisotopic (exact) mass is 465 g/mol. The van der Waals surface area contributed by atoms with Crippen molar-refractivity contribution >= 4 is 5.91 Å². The zero-order valence-corrected chi connectivity index (χ0v) is 23.4. The van der Waals surface area contributed by atoms with Crippen LogP contribution in [-0.2, 0) is 4.79 Å². The zero-order valence-electron chi connectivity index (χ0n) is 23.4. The summed E-state index contributed by atoms with van der Waals surface area (Å²) in [7, 11) is 0. The fraction of sp³-hybridized carbons (Fsp3) is 0.968. The van der Waals surface area contributed by atoms with Gasteiger partial charge in [0.25, 0.3) is 0 Å². The topological polar surface area (TPSA) is 20.3 Å². The fourth-order valence-corrected chi connectivity index (χ4v) is 4.89. The Hall–Kier alpha value is -0.530. The summed E-state index contributed by atoms with van der Waals surface area (Å²) in [6.07, 6.45) is 34.6. The van der Waals surface area contributed by atoms with Crippen LogP contribution in [-0.4, -0.2) is 23.9 Å². The molecule has 0 aromatic rings. The Labute approximate surface area is 210 Å². The highest BCUT2D eigenvalue weighted by atomic mass is 16.2. The Morgan fingerprint density at radius 2 is 0.606 bits per heavy atom. The number of hydrogen-bond donors (Lipinski definition) is 0. The lowest BCUT2D eigenvalue weighted by molar-refractivity contribution is -0.129. The van der Waals surface area contributed by atoms with Gasteiger partial charge >= 0.3 is 0 Å². The van der Waals surface area contributed by atoms with E-state index in [2.05, 4.69) is 18.7 Å². The third-order valence-corrected chi connectivity index (χ3v) is 7.26. The Morgan fingerprint density at radius 1 is 0.394 bits per heavy atom. The van der Waals surface area contributed by atoms with Crippen molar-refractivity contribution in [2.45, 2.75) is 181 Å². The first-order valence-electron chi connectivity index (χ1n) is 15.5.